The molecule has 0 radical (unpaired) electrons. The number of fused-ring (bicyclic) bond motifs is 1. The lowest BCUT2D eigenvalue weighted by Gasteiger charge is -2.38. The fraction of sp³-hybridized carbons (Fsp3) is 0.211. The van der Waals surface area contributed by atoms with Crippen molar-refractivity contribution in [2.45, 2.75) is 17.8 Å². The van der Waals surface area contributed by atoms with Crippen molar-refractivity contribution in [3.05, 3.63) is 64.7 Å². The van der Waals surface area contributed by atoms with Gasteiger partial charge in [-0.15, -0.1) is 0 Å². The molecule has 3 rings (SSSR count). The summed E-state index contributed by atoms with van der Waals surface area (Å²) in [5.41, 5.74) is -7.81. The van der Waals surface area contributed by atoms with Crippen LogP contribution < -0.4 is 4.74 Å². The number of alkyl halides is 6. The minimum Gasteiger partial charge on any atom is -0.456 e. The highest BCUT2D eigenvalue weighted by Gasteiger charge is 2.72. The van der Waals surface area contributed by atoms with Gasteiger partial charge in [0.1, 0.15) is 11.3 Å². The lowest BCUT2D eigenvalue weighted by atomic mass is 9.72. The van der Waals surface area contributed by atoms with Crippen LogP contribution in [0.3, 0.4) is 0 Å². The number of hydrogen-bond donors (Lipinski definition) is 0. The summed E-state index contributed by atoms with van der Waals surface area (Å²) in [5, 5.41) is 0. The normalized spacial score (nSPS) is 14.2. The first kappa shape index (κ1) is 22.1. The van der Waals surface area contributed by atoms with Gasteiger partial charge in [0.25, 0.3) is 0 Å². The van der Waals surface area contributed by atoms with E-state index in [0.717, 1.165) is 6.07 Å². The monoisotopic (exact) mass is 448 g/mol. The summed E-state index contributed by atoms with van der Waals surface area (Å²) in [5.74, 6) is -2.72. The third-order valence-electron chi connectivity index (χ3n) is 4.60. The quantitative estimate of drug-likeness (QED) is 0.306. The van der Waals surface area contributed by atoms with Crippen molar-refractivity contribution in [3.8, 4) is 5.75 Å². The first-order chi connectivity index (χ1) is 14.4. The second-order valence-electron chi connectivity index (χ2n) is 6.23. The topological polar surface area (TPSA) is 78.9 Å². The van der Waals surface area contributed by atoms with Gasteiger partial charge in [0.05, 0.1) is 5.56 Å². The molecule has 2 aromatic carbocycles. The number of halogens is 6. The van der Waals surface area contributed by atoms with E-state index >= 15 is 0 Å². The molecule has 0 saturated heterocycles. The molecule has 1 aliphatic heterocycles. The van der Waals surface area contributed by atoms with Gasteiger partial charge in [-0.3, -0.25) is 4.79 Å². The standard InChI is InChI=1S/C19H10F6O6/c20-18(21,22)17(19(23,24)25,11-3-1-10(2-4-11)15(27)29-8-26)12-5-6-13-14(7-12)30-9-31-16(13)28/h1-8H,9H2. The Morgan fingerprint density at radius 1 is 0.903 bits per heavy atom. The molecule has 31 heavy (non-hydrogen) atoms. The van der Waals surface area contributed by atoms with Crippen molar-refractivity contribution in [2.75, 3.05) is 6.79 Å². The number of carbonyl (C=O) groups is 3. The molecule has 0 bridgehead atoms. The predicted molar refractivity (Wildman–Crippen MR) is 88.2 cm³/mol. The van der Waals surface area contributed by atoms with Crippen LogP contribution in [0.1, 0.15) is 31.8 Å². The van der Waals surface area contributed by atoms with Crippen molar-refractivity contribution < 1.29 is 54.9 Å². The van der Waals surface area contributed by atoms with Crippen molar-refractivity contribution in [2.24, 2.45) is 0 Å². The number of cyclic esters (lactones) is 1. The van der Waals surface area contributed by atoms with Crippen LogP contribution in [0.25, 0.3) is 0 Å². The van der Waals surface area contributed by atoms with E-state index in [4.69, 9.17) is 4.74 Å². The Balaban J connectivity index is 2.26. The molecule has 2 aromatic rings. The van der Waals surface area contributed by atoms with E-state index in [1.165, 1.54) is 0 Å². The molecular formula is C19H10F6O6. The highest BCUT2D eigenvalue weighted by atomic mass is 19.4. The van der Waals surface area contributed by atoms with Gasteiger partial charge in [0.2, 0.25) is 12.2 Å². The first-order valence-electron chi connectivity index (χ1n) is 8.26. The molecule has 164 valence electrons. The zero-order valence-electron chi connectivity index (χ0n) is 15.0. The number of ether oxygens (including phenoxy) is 3. The molecule has 1 aliphatic rings. The molecule has 0 amide bonds. The van der Waals surface area contributed by atoms with E-state index < -0.39 is 58.9 Å². The summed E-state index contributed by atoms with van der Waals surface area (Å²) in [6.07, 6.45) is -11.8. The molecular weight excluding hydrogens is 438 g/mol. The van der Waals surface area contributed by atoms with Crippen LogP contribution in [-0.4, -0.2) is 37.6 Å². The summed E-state index contributed by atoms with van der Waals surface area (Å²) in [7, 11) is 0. The van der Waals surface area contributed by atoms with Gasteiger partial charge in [-0.2, -0.15) is 26.3 Å². The molecule has 0 N–H and O–H groups in total. The molecule has 6 nitrogen and oxygen atoms in total. The average Bonchev–Trinajstić information content (AvgIpc) is 2.67. The summed E-state index contributed by atoms with van der Waals surface area (Å²) < 4.78 is 98.3. The zero-order valence-corrected chi connectivity index (χ0v) is 15.0. The van der Waals surface area contributed by atoms with Crippen LogP contribution in [0.15, 0.2) is 42.5 Å². The number of carbonyl (C=O) groups excluding carboxylic acids is 3. The average molecular weight is 448 g/mol. The lowest BCUT2D eigenvalue weighted by molar-refractivity contribution is -0.288. The fourth-order valence-electron chi connectivity index (χ4n) is 3.22. The molecule has 0 aromatic heterocycles. The summed E-state index contributed by atoms with van der Waals surface area (Å²) in [4.78, 5) is 33.4. The smallest absolute Gasteiger partial charge is 0.411 e. The predicted octanol–water partition coefficient (Wildman–Crippen LogP) is 3.92. The fourth-order valence-corrected chi connectivity index (χ4v) is 3.22. The molecule has 0 aliphatic carbocycles. The third-order valence-corrected chi connectivity index (χ3v) is 4.60. The van der Waals surface area contributed by atoms with Crippen molar-refractivity contribution >= 4 is 18.4 Å². The largest absolute Gasteiger partial charge is 0.456 e. The Labute approximate surface area is 169 Å². The van der Waals surface area contributed by atoms with Crippen molar-refractivity contribution in [1.82, 2.24) is 0 Å². The molecule has 1 heterocycles. The van der Waals surface area contributed by atoms with Gasteiger partial charge in [-0.1, -0.05) is 18.2 Å². The maximum Gasteiger partial charge on any atom is 0.411 e. The second kappa shape index (κ2) is 7.60. The van der Waals surface area contributed by atoms with Crippen molar-refractivity contribution in [1.29, 1.82) is 0 Å². The number of benzene rings is 2. The second-order valence-corrected chi connectivity index (χ2v) is 6.23. The molecule has 0 spiro atoms. The third kappa shape index (κ3) is 3.57. The summed E-state index contributed by atoms with van der Waals surface area (Å²) >= 11 is 0. The van der Waals surface area contributed by atoms with Crippen molar-refractivity contribution in [3.63, 3.8) is 0 Å². The SMILES string of the molecule is O=COC(=O)c1ccc(C(c2ccc3c(c2)OCOC3=O)(C(F)(F)F)C(F)(F)F)cc1. The molecule has 12 heteroatoms. The maximum absolute atomic E-state index is 14.1. The summed E-state index contributed by atoms with van der Waals surface area (Å²) in [6, 6.07) is 3.97. The van der Waals surface area contributed by atoms with E-state index in [-0.39, 0.29) is 12.0 Å². The van der Waals surface area contributed by atoms with Gasteiger partial charge in [0, 0.05) is 0 Å². The first-order valence-corrected chi connectivity index (χ1v) is 8.26. The van der Waals surface area contributed by atoms with Gasteiger partial charge in [0.15, 0.2) is 0 Å². The Hall–Kier alpha value is -3.57. The van der Waals surface area contributed by atoms with Gasteiger partial charge in [-0.25, -0.2) is 9.59 Å². The molecule has 0 unspecified atom stereocenters. The van der Waals surface area contributed by atoms with Crippen LogP contribution in [0.5, 0.6) is 5.75 Å². The zero-order chi connectivity index (χ0) is 23.0. The minimum atomic E-state index is -5.89. The van der Waals surface area contributed by atoms with Crippen LogP contribution >= 0.6 is 0 Å². The van der Waals surface area contributed by atoms with Crippen LogP contribution in [0, 0.1) is 0 Å². The van der Waals surface area contributed by atoms with Crippen LogP contribution in [-0.2, 0) is 19.7 Å². The highest BCUT2D eigenvalue weighted by molar-refractivity contribution is 5.94. The Morgan fingerprint density at radius 3 is 2.03 bits per heavy atom. The number of hydrogen-bond acceptors (Lipinski definition) is 6. The van der Waals surface area contributed by atoms with E-state index in [0.29, 0.717) is 36.4 Å². The molecule has 0 fully saturated rings. The van der Waals surface area contributed by atoms with Crippen LogP contribution in [0.2, 0.25) is 0 Å². The Morgan fingerprint density at radius 2 is 1.48 bits per heavy atom. The molecule has 0 atom stereocenters. The van der Waals surface area contributed by atoms with E-state index in [1.807, 2.05) is 0 Å². The maximum atomic E-state index is 14.1. The molecule has 0 saturated carbocycles. The van der Waals surface area contributed by atoms with Gasteiger partial charge >= 0.3 is 30.8 Å². The lowest BCUT2D eigenvalue weighted by Crippen LogP contribution is -2.54. The number of rotatable bonds is 4. The minimum absolute atomic E-state index is 0.232. The van der Waals surface area contributed by atoms with Gasteiger partial charge in [-0.05, 0) is 35.4 Å². The van der Waals surface area contributed by atoms with Gasteiger partial charge < -0.3 is 14.2 Å². The highest BCUT2D eigenvalue weighted by Crippen LogP contribution is 2.56. The Bertz CT molecular complexity index is 1010. The van der Waals surface area contributed by atoms with E-state index in [9.17, 15) is 40.7 Å². The number of esters is 2. The summed E-state index contributed by atoms with van der Waals surface area (Å²) in [6.45, 7) is -0.905. The van der Waals surface area contributed by atoms with E-state index in [2.05, 4.69) is 9.47 Å². The Kier molecular flexibility index (Phi) is 5.42. The van der Waals surface area contributed by atoms with E-state index in [1.54, 1.807) is 0 Å². The van der Waals surface area contributed by atoms with Crippen LogP contribution in [0.4, 0.5) is 26.3 Å².